The average Bonchev–Trinajstić information content (AvgIpc) is 3.11. The van der Waals surface area contributed by atoms with Crippen LogP contribution in [-0.4, -0.2) is 25.3 Å². The predicted molar refractivity (Wildman–Crippen MR) is 62.3 cm³/mol. The largest absolute Gasteiger partial charge is 0.496 e. The first kappa shape index (κ1) is 11.9. The summed E-state index contributed by atoms with van der Waals surface area (Å²) in [6.07, 6.45) is 1.41. The first-order valence-electron chi connectivity index (χ1n) is 5.54. The Balaban J connectivity index is 2.35. The highest BCUT2D eigenvalue weighted by Gasteiger charge is 2.51. The number of carboxylic acid groups (broad SMARTS) is 1. The number of rotatable bonds is 5. The van der Waals surface area contributed by atoms with Crippen LogP contribution in [-0.2, 0) is 21.6 Å². The van der Waals surface area contributed by atoms with E-state index in [9.17, 15) is 9.90 Å². The maximum absolute atomic E-state index is 11.2. The van der Waals surface area contributed by atoms with Crippen LogP contribution in [0, 0.1) is 0 Å². The van der Waals surface area contributed by atoms with E-state index in [0.717, 1.165) is 11.1 Å². The molecule has 1 fully saturated rings. The number of benzene rings is 1. The van der Waals surface area contributed by atoms with Gasteiger partial charge in [0.25, 0.3) is 0 Å². The zero-order valence-electron chi connectivity index (χ0n) is 10.0. The Labute approximate surface area is 100 Å². The molecule has 1 saturated carbocycles. The topological polar surface area (TPSA) is 55.8 Å². The average molecular weight is 236 g/mol. The highest BCUT2D eigenvalue weighted by Crippen LogP contribution is 2.49. The Kier molecular flexibility index (Phi) is 3.07. The number of aliphatic carboxylic acids is 1. The van der Waals surface area contributed by atoms with Crippen LogP contribution in [0.15, 0.2) is 18.2 Å². The molecule has 1 aromatic rings. The summed E-state index contributed by atoms with van der Waals surface area (Å²) in [7, 11) is 3.20. The molecule has 0 unspecified atom stereocenters. The Bertz CT molecular complexity index is 435. The third kappa shape index (κ3) is 2.00. The van der Waals surface area contributed by atoms with Crippen molar-refractivity contribution in [3.8, 4) is 5.75 Å². The van der Waals surface area contributed by atoms with Crippen LogP contribution in [0.3, 0.4) is 0 Å². The molecule has 1 aromatic carbocycles. The minimum Gasteiger partial charge on any atom is -0.496 e. The second-order valence-corrected chi connectivity index (χ2v) is 4.35. The number of methoxy groups -OCH3 is 2. The second-order valence-electron chi connectivity index (χ2n) is 4.35. The van der Waals surface area contributed by atoms with Crippen molar-refractivity contribution >= 4 is 5.97 Å². The second kappa shape index (κ2) is 4.37. The summed E-state index contributed by atoms with van der Waals surface area (Å²) in [6.45, 7) is 0.462. The van der Waals surface area contributed by atoms with Crippen LogP contribution >= 0.6 is 0 Å². The fourth-order valence-electron chi connectivity index (χ4n) is 2.07. The predicted octanol–water partition coefficient (Wildman–Crippen LogP) is 1.96. The Hall–Kier alpha value is -1.55. The van der Waals surface area contributed by atoms with Crippen LogP contribution in [0.4, 0.5) is 0 Å². The lowest BCUT2D eigenvalue weighted by molar-refractivity contribution is -0.140. The maximum Gasteiger partial charge on any atom is 0.314 e. The molecule has 17 heavy (non-hydrogen) atoms. The molecule has 0 radical (unpaired) electrons. The highest BCUT2D eigenvalue weighted by atomic mass is 16.5. The van der Waals surface area contributed by atoms with E-state index in [1.807, 2.05) is 18.2 Å². The lowest BCUT2D eigenvalue weighted by Crippen LogP contribution is -2.19. The number of carboxylic acids is 1. The van der Waals surface area contributed by atoms with Gasteiger partial charge in [0.2, 0.25) is 0 Å². The fraction of sp³-hybridized carbons (Fsp3) is 0.462. The molecule has 0 bridgehead atoms. The Morgan fingerprint density at radius 1 is 1.41 bits per heavy atom. The van der Waals surface area contributed by atoms with Crippen molar-refractivity contribution in [1.82, 2.24) is 0 Å². The quantitative estimate of drug-likeness (QED) is 0.849. The molecule has 4 nitrogen and oxygen atoms in total. The molecule has 0 aliphatic heterocycles. The van der Waals surface area contributed by atoms with Crippen LogP contribution in [0.2, 0.25) is 0 Å². The summed E-state index contributed by atoms with van der Waals surface area (Å²) in [5, 5.41) is 9.23. The van der Waals surface area contributed by atoms with Gasteiger partial charge in [-0.25, -0.2) is 0 Å². The molecule has 0 aromatic heterocycles. The van der Waals surface area contributed by atoms with Crippen LogP contribution < -0.4 is 4.74 Å². The van der Waals surface area contributed by atoms with Gasteiger partial charge in [0.15, 0.2) is 0 Å². The van der Waals surface area contributed by atoms with E-state index in [1.54, 1.807) is 14.2 Å². The molecule has 2 rings (SSSR count). The van der Waals surface area contributed by atoms with Gasteiger partial charge >= 0.3 is 5.97 Å². The fourth-order valence-corrected chi connectivity index (χ4v) is 2.07. The molecular weight excluding hydrogens is 220 g/mol. The monoisotopic (exact) mass is 236 g/mol. The molecule has 0 amide bonds. The standard InChI is InChI=1S/C13H16O4/c1-16-8-9-3-4-10(7-11(9)17-2)13(5-6-13)12(14)15/h3-4,7H,5-6,8H2,1-2H3,(H,14,15). The smallest absolute Gasteiger partial charge is 0.314 e. The molecule has 0 heterocycles. The molecule has 4 heteroatoms. The minimum absolute atomic E-state index is 0.462. The molecule has 1 aliphatic carbocycles. The van der Waals surface area contributed by atoms with Crippen molar-refractivity contribution in [2.24, 2.45) is 0 Å². The van der Waals surface area contributed by atoms with E-state index < -0.39 is 11.4 Å². The number of hydrogen-bond donors (Lipinski definition) is 1. The van der Waals surface area contributed by atoms with Crippen LogP contribution in [0.25, 0.3) is 0 Å². The molecule has 1 aliphatic rings. The van der Waals surface area contributed by atoms with Crippen molar-refractivity contribution in [2.75, 3.05) is 14.2 Å². The Morgan fingerprint density at radius 2 is 2.12 bits per heavy atom. The zero-order valence-corrected chi connectivity index (χ0v) is 10.0. The van der Waals surface area contributed by atoms with Crippen LogP contribution in [0.1, 0.15) is 24.0 Å². The Morgan fingerprint density at radius 3 is 2.59 bits per heavy atom. The lowest BCUT2D eigenvalue weighted by atomic mass is 9.95. The van der Waals surface area contributed by atoms with Gasteiger partial charge in [-0.15, -0.1) is 0 Å². The first-order valence-corrected chi connectivity index (χ1v) is 5.54. The summed E-state index contributed by atoms with van der Waals surface area (Å²) in [6, 6.07) is 5.55. The maximum atomic E-state index is 11.2. The summed E-state index contributed by atoms with van der Waals surface area (Å²) < 4.78 is 10.3. The van der Waals surface area contributed by atoms with Crippen molar-refractivity contribution in [2.45, 2.75) is 24.9 Å². The summed E-state index contributed by atoms with van der Waals surface area (Å²) in [5.74, 6) is -0.0593. The van der Waals surface area contributed by atoms with Gasteiger partial charge in [0.05, 0.1) is 19.1 Å². The molecule has 0 atom stereocenters. The first-order chi connectivity index (χ1) is 8.14. The van der Waals surface area contributed by atoms with Crippen molar-refractivity contribution in [1.29, 1.82) is 0 Å². The summed E-state index contributed by atoms with van der Waals surface area (Å²) >= 11 is 0. The van der Waals surface area contributed by atoms with Gasteiger partial charge in [-0.2, -0.15) is 0 Å². The molecule has 0 saturated heterocycles. The van der Waals surface area contributed by atoms with Crippen LogP contribution in [0.5, 0.6) is 5.75 Å². The van der Waals surface area contributed by atoms with Gasteiger partial charge in [0.1, 0.15) is 5.75 Å². The highest BCUT2D eigenvalue weighted by molar-refractivity contribution is 5.85. The van der Waals surface area contributed by atoms with Crippen molar-refractivity contribution in [3.05, 3.63) is 29.3 Å². The van der Waals surface area contributed by atoms with Crippen molar-refractivity contribution < 1.29 is 19.4 Å². The van der Waals surface area contributed by atoms with Gasteiger partial charge in [0, 0.05) is 12.7 Å². The van der Waals surface area contributed by atoms with Gasteiger partial charge in [-0.3, -0.25) is 4.79 Å². The third-order valence-corrected chi connectivity index (χ3v) is 3.30. The SMILES string of the molecule is COCc1ccc(C2(C(=O)O)CC2)cc1OC. The number of carbonyl (C=O) groups is 1. The third-order valence-electron chi connectivity index (χ3n) is 3.30. The number of ether oxygens (including phenoxy) is 2. The molecule has 92 valence electrons. The van der Waals surface area contributed by atoms with Gasteiger partial charge < -0.3 is 14.6 Å². The van der Waals surface area contributed by atoms with E-state index in [1.165, 1.54) is 0 Å². The van der Waals surface area contributed by atoms with Gasteiger partial charge in [-0.05, 0) is 24.5 Å². The molecular formula is C13H16O4. The minimum atomic E-state index is -0.751. The van der Waals surface area contributed by atoms with E-state index in [2.05, 4.69) is 0 Å². The van der Waals surface area contributed by atoms with Gasteiger partial charge in [-0.1, -0.05) is 12.1 Å². The summed E-state index contributed by atoms with van der Waals surface area (Å²) in [4.78, 5) is 11.2. The molecule has 0 spiro atoms. The lowest BCUT2D eigenvalue weighted by Gasteiger charge is -2.14. The molecule has 1 N–H and O–H groups in total. The number of hydrogen-bond acceptors (Lipinski definition) is 3. The normalized spacial score (nSPS) is 16.6. The van der Waals surface area contributed by atoms with Crippen molar-refractivity contribution in [3.63, 3.8) is 0 Å². The summed E-state index contributed by atoms with van der Waals surface area (Å²) in [5.41, 5.74) is 1.07. The van der Waals surface area contributed by atoms with E-state index in [0.29, 0.717) is 25.2 Å². The van der Waals surface area contributed by atoms with E-state index in [-0.39, 0.29) is 0 Å². The van der Waals surface area contributed by atoms with E-state index >= 15 is 0 Å². The van der Waals surface area contributed by atoms with E-state index in [4.69, 9.17) is 9.47 Å². The zero-order chi connectivity index (χ0) is 12.5.